The molecule has 0 aliphatic carbocycles. The second kappa shape index (κ2) is 5.77. The number of amides is 1. The third kappa shape index (κ3) is 2.93. The van der Waals surface area contributed by atoms with Crippen molar-refractivity contribution < 1.29 is 10.0 Å². The van der Waals surface area contributed by atoms with Crippen molar-refractivity contribution >= 4 is 16.7 Å². The predicted octanol–water partition coefficient (Wildman–Crippen LogP) is 3.87. The maximum Gasteiger partial charge on any atom is 0.277 e. The topological polar surface area (TPSA) is 40.5 Å². The molecule has 21 heavy (non-hydrogen) atoms. The van der Waals surface area contributed by atoms with Crippen molar-refractivity contribution in [3.05, 3.63) is 83.9 Å². The van der Waals surface area contributed by atoms with E-state index in [1.165, 1.54) is 0 Å². The van der Waals surface area contributed by atoms with Crippen LogP contribution in [0, 0.1) is 0 Å². The fourth-order valence-electron chi connectivity index (χ4n) is 2.30. The van der Waals surface area contributed by atoms with Gasteiger partial charge in [0.05, 0.1) is 6.54 Å². The lowest BCUT2D eigenvalue weighted by atomic mass is 10.1. The van der Waals surface area contributed by atoms with Crippen LogP contribution in [0.3, 0.4) is 0 Å². The van der Waals surface area contributed by atoms with Crippen molar-refractivity contribution in [1.29, 1.82) is 0 Å². The number of fused-ring (bicyclic) bond motifs is 1. The zero-order valence-electron chi connectivity index (χ0n) is 11.4. The lowest BCUT2D eigenvalue weighted by molar-refractivity contribution is -0.0648. The molecule has 3 heteroatoms. The molecule has 0 saturated carbocycles. The van der Waals surface area contributed by atoms with Gasteiger partial charge in [0, 0.05) is 5.56 Å². The second-order valence-corrected chi connectivity index (χ2v) is 4.91. The fourth-order valence-corrected chi connectivity index (χ4v) is 2.30. The molecular formula is C18H15NO2. The van der Waals surface area contributed by atoms with Gasteiger partial charge < -0.3 is 0 Å². The molecule has 0 aliphatic heterocycles. The van der Waals surface area contributed by atoms with E-state index in [0.29, 0.717) is 5.56 Å². The first-order chi connectivity index (χ1) is 10.2. The molecule has 0 heterocycles. The molecule has 0 radical (unpaired) electrons. The van der Waals surface area contributed by atoms with Crippen LogP contribution in [-0.4, -0.2) is 16.2 Å². The number of hydroxylamine groups is 2. The molecule has 0 fully saturated rings. The van der Waals surface area contributed by atoms with Crippen LogP contribution >= 0.6 is 0 Å². The first-order valence-electron chi connectivity index (χ1n) is 6.77. The summed E-state index contributed by atoms with van der Waals surface area (Å²) in [7, 11) is 0. The Balaban J connectivity index is 1.82. The van der Waals surface area contributed by atoms with Crippen molar-refractivity contribution in [2.75, 3.05) is 0 Å². The summed E-state index contributed by atoms with van der Waals surface area (Å²) < 4.78 is 0. The standard InChI is InChI=1S/C18H15NO2/c20-18(19(21)13-14-6-2-1-3-7-14)17-11-10-15-8-4-5-9-16(15)12-17/h1-12,21H,13H2. The second-order valence-electron chi connectivity index (χ2n) is 4.91. The van der Waals surface area contributed by atoms with Gasteiger partial charge in [-0.25, -0.2) is 5.06 Å². The molecule has 0 aliphatic rings. The third-order valence-corrected chi connectivity index (χ3v) is 3.41. The number of hydrogen-bond acceptors (Lipinski definition) is 2. The van der Waals surface area contributed by atoms with Crippen LogP contribution in [0.5, 0.6) is 0 Å². The lowest BCUT2D eigenvalue weighted by Crippen LogP contribution is -2.26. The molecule has 0 saturated heterocycles. The molecule has 1 N–H and O–H groups in total. The smallest absolute Gasteiger partial charge is 0.277 e. The van der Waals surface area contributed by atoms with Gasteiger partial charge in [0.2, 0.25) is 0 Å². The van der Waals surface area contributed by atoms with Crippen LogP contribution in [0.25, 0.3) is 10.8 Å². The Morgan fingerprint density at radius 2 is 1.52 bits per heavy atom. The molecular weight excluding hydrogens is 262 g/mol. The summed E-state index contributed by atoms with van der Waals surface area (Å²) in [4.78, 5) is 12.3. The van der Waals surface area contributed by atoms with E-state index in [1.54, 1.807) is 12.1 Å². The van der Waals surface area contributed by atoms with Gasteiger partial charge in [0.15, 0.2) is 0 Å². The van der Waals surface area contributed by atoms with Crippen molar-refractivity contribution in [3.8, 4) is 0 Å². The summed E-state index contributed by atoms with van der Waals surface area (Å²) in [5, 5.41) is 12.8. The molecule has 0 unspecified atom stereocenters. The number of rotatable bonds is 3. The van der Waals surface area contributed by atoms with E-state index in [4.69, 9.17) is 0 Å². The minimum Gasteiger partial charge on any atom is -0.285 e. The zero-order chi connectivity index (χ0) is 14.7. The van der Waals surface area contributed by atoms with Crippen molar-refractivity contribution in [2.45, 2.75) is 6.54 Å². The average molecular weight is 277 g/mol. The fraction of sp³-hybridized carbons (Fsp3) is 0.0556. The monoisotopic (exact) mass is 277 g/mol. The normalized spacial score (nSPS) is 10.5. The molecule has 0 atom stereocenters. The molecule has 0 spiro atoms. The summed E-state index contributed by atoms with van der Waals surface area (Å²) in [5.41, 5.74) is 1.36. The highest BCUT2D eigenvalue weighted by Gasteiger charge is 2.14. The summed E-state index contributed by atoms with van der Waals surface area (Å²) in [6.45, 7) is 0.173. The van der Waals surface area contributed by atoms with Crippen molar-refractivity contribution in [2.24, 2.45) is 0 Å². The molecule has 3 aromatic carbocycles. The summed E-state index contributed by atoms with van der Waals surface area (Å²) >= 11 is 0. The lowest BCUT2D eigenvalue weighted by Gasteiger charge is -2.15. The molecule has 3 nitrogen and oxygen atoms in total. The Kier molecular flexibility index (Phi) is 3.67. The van der Waals surface area contributed by atoms with E-state index in [-0.39, 0.29) is 6.54 Å². The molecule has 3 aromatic rings. The number of nitrogens with zero attached hydrogens (tertiary/aromatic N) is 1. The Morgan fingerprint density at radius 3 is 2.29 bits per heavy atom. The first kappa shape index (κ1) is 13.3. The van der Waals surface area contributed by atoms with Crippen LogP contribution in [-0.2, 0) is 6.54 Å². The van der Waals surface area contributed by atoms with Gasteiger partial charge in [0.25, 0.3) is 5.91 Å². The minimum atomic E-state index is -0.399. The maximum atomic E-state index is 12.3. The van der Waals surface area contributed by atoms with Gasteiger partial charge in [-0.05, 0) is 28.5 Å². The largest absolute Gasteiger partial charge is 0.285 e. The van der Waals surface area contributed by atoms with Crippen molar-refractivity contribution in [1.82, 2.24) is 5.06 Å². The van der Waals surface area contributed by atoms with Gasteiger partial charge >= 0.3 is 0 Å². The predicted molar refractivity (Wildman–Crippen MR) is 82.1 cm³/mol. The average Bonchev–Trinajstić information content (AvgIpc) is 2.54. The molecule has 0 bridgehead atoms. The van der Waals surface area contributed by atoms with E-state index >= 15 is 0 Å². The number of benzene rings is 3. The molecule has 104 valence electrons. The van der Waals surface area contributed by atoms with Gasteiger partial charge in [-0.15, -0.1) is 0 Å². The number of hydrogen-bond donors (Lipinski definition) is 1. The van der Waals surface area contributed by atoms with Gasteiger partial charge in [-0.3, -0.25) is 10.0 Å². The highest BCUT2D eigenvalue weighted by molar-refractivity contribution is 5.98. The zero-order valence-corrected chi connectivity index (χ0v) is 11.4. The molecule has 0 aromatic heterocycles. The Hall–Kier alpha value is -2.65. The van der Waals surface area contributed by atoms with Crippen LogP contribution < -0.4 is 0 Å². The first-order valence-corrected chi connectivity index (χ1v) is 6.77. The third-order valence-electron chi connectivity index (χ3n) is 3.41. The molecule has 1 amide bonds. The van der Waals surface area contributed by atoms with E-state index in [9.17, 15) is 10.0 Å². The van der Waals surface area contributed by atoms with Gasteiger partial charge in [-0.1, -0.05) is 60.7 Å². The SMILES string of the molecule is O=C(c1ccc2ccccc2c1)N(O)Cc1ccccc1. The van der Waals surface area contributed by atoms with E-state index < -0.39 is 5.91 Å². The summed E-state index contributed by atoms with van der Waals surface area (Å²) in [5.74, 6) is -0.399. The number of carbonyl (C=O) groups is 1. The Labute approximate surface area is 123 Å². The van der Waals surface area contributed by atoms with Crippen LogP contribution in [0.4, 0.5) is 0 Å². The number of carbonyl (C=O) groups excluding carboxylic acids is 1. The summed E-state index contributed by atoms with van der Waals surface area (Å²) in [6.07, 6.45) is 0. The van der Waals surface area contributed by atoms with Crippen molar-refractivity contribution in [3.63, 3.8) is 0 Å². The van der Waals surface area contributed by atoms with E-state index in [1.807, 2.05) is 60.7 Å². The minimum absolute atomic E-state index is 0.173. The molecule has 3 rings (SSSR count). The van der Waals surface area contributed by atoms with Crippen LogP contribution in [0.1, 0.15) is 15.9 Å². The summed E-state index contributed by atoms with van der Waals surface area (Å²) in [6, 6.07) is 22.6. The van der Waals surface area contributed by atoms with Gasteiger partial charge in [-0.2, -0.15) is 0 Å². The van der Waals surface area contributed by atoms with Crippen LogP contribution in [0.15, 0.2) is 72.8 Å². The Morgan fingerprint density at radius 1 is 0.857 bits per heavy atom. The van der Waals surface area contributed by atoms with E-state index in [0.717, 1.165) is 21.4 Å². The Bertz CT molecular complexity index is 768. The van der Waals surface area contributed by atoms with E-state index in [2.05, 4.69) is 0 Å². The van der Waals surface area contributed by atoms with Crippen LogP contribution in [0.2, 0.25) is 0 Å². The highest BCUT2D eigenvalue weighted by Crippen LogP contribution is 2.17. The maximum absolute atomic E-state index is 12.3. The van der Waals surface area contributed by atoms with Gasteiger partial charge in [0.1, 0.15) is 0 Å². The quantitative estimate of drug-likeness (QED) is 0.583. The highest BCUT2D eigenvalue weighted by atomic mass is 16.5.